The number of aromatic nitrogens is 2. The Kier molecular flexibility index (Phi) is 5.12. The minimum Gasteiger partial charge on any atom is -0.493 e. The Labute approximate surface area is 157 Å². The lowest BCUT2D eigenvalue weighted by molar-refractivity contribution is 0.323. The monoisotopic (exact) mass is 370 g/mol. The molecule has 0 saturated heterocycles. The zero-order valence-corrected chi connectivity index (χ0v) is 15.8. The number of nitrogens with zero attached hydrogens (tertiary/aromatic N) is 2. The third kappa shape index (κ3) is 3.01. The highest BCUT2D eigenvalue weighted by molar-refractivity contribution is 5.61. The normalized spacial score (nSPS) is 15.6. The quantitative estimate of drug-likeness (QED) is 0.803. The Morgan fingerprint density at radius 1 is 1.22 bits per heavy atom. The molecule has 1 aliphatic rings. The van der Waals surface area contributed by atoms with Crippen molar-refractivity contribution in [1.29, 1.82) is 5.26 Å². The van der Waals surface area contributed by atoms with Crippen molar-refractivity contribution in [3.8, 4) is 29.2 Å². The summed E-state index contributed by atoms with van der Waals surface area (Å²) in [6.45, 7) is 2.07. The third-order valence-corrected chi connectivity index (χ3v) is 4.54. The van der Waals surface area contributed by atoms with Crippen molar-refractivity contribution in [3.05, 3.63) is 40.4 Å². The van der Waals surface area contributed by atoms with Gasteiger partial charge in [0.2, 0.25) is 17.5 Å². The number of benzene rings is 1. The summed E-state index contributed by atoms with van der Waals surface area (Å²) in [7, 11) is 4.64. The van der Waals surface area contributed by atoms with E-state index in [-0.39, 0.29) is 5.88 Å². The van der Waals surface area contributed by atoms with E-state index in [2.05, 4.69) is 23.2 Å². The van der Waals surface area contributed by atoms with Crippen LogP contribution in [0.4, 0.5) is 0 Å². The standard InChI is InChI=1S/C19H22N4O4/c1-5-6-12-16-15(11(9-20)18(21)27-19(16)23-22-12)10-7-13(24-2)17(26-4)14(8-10)25-3/h7-8,15H,5-6,21H2,1-4H3,(H,22,23). The molecule has 0 spiro atoms. The van der Waals surface area contributed by atoms with Gasteiger partial charge >= 0.3 is 0 Å². The first kappa shape index (κ1) is 18.5. The highest BCUT2D eigenvalue weighted by Gasteiger charge is 2.36. The first-order valence-electron chi connectivity index (χ1n) is 8.54. The van der Waals surface area contributed by atoms with Gasteiger partial charge in [0.05, 0.1) is 27.2 Å². The molecule has 0 radical (unpaired) electrons. The van der Waals surface area contributed by atoms with Crippen molar-refractivity contribution < 1.29 is 18.9 Å². The molecular weight excluding hydrogens is 348 g/mol. The number of allylic oxidation sites excluding steroid dienone is 1. The molecular formula is C19H22N4O4. The van der Waals surface area contributed by atoms with Crippen molar-refractivity contribution in [2.45, 2.75) is 25.7 Å². The molecule has 8 heteroatoms. The van der Waals surface area contributed by atoms with E-state index in [1.54, 1.807) is 21.3 Å². The number of hydrogen-bond acceptors (Lipinski definition) is 7. The molecule has 0 aliphatic carbocycles. The van der Waals surface area contributed by atoms with E-state index in [0.29, 0.717) is 28.7 Å². The number of aryl methyl sites for hydroxylation is 1. The minimum atomic E-state index is -0.451. The average molecular weight is 370 g/mol. The lowest BCUT2D eigenvalue weighted by Crippen LogP contribution is -2.21. The number of fused-ring (bicyclic) bond motifs is 1. The van der Waals surface area contributed by atoms with Crippen LogP contribution in [-0.2, 0) is 6.42 Å². The van der Waals surface area contributed by atoms with Crippen LogP contribution in [0.5, 0.6) is 23.1 Å². The molecule has 3 rings (SSSR count). The first-order valence-corrected chi connectivity index (χ1v) is 8.54. The van der Waals surface area contributed by atoms with Gasteiger partial charge in [0.15, 0.2) is 11.5 Å². The third-order valence-electron chi connectivity index (χ3n) is 4.54. The lowest BCUT2D eigenvalue weighted by Gasteiger charge is -2.25. The van der Waals surface area contributed by atoms with Gasteiger partial charge in [-0.3, -0.25) is 5.10 Å². The minimum absolute atomic E-state index is 0.0401. The number of nitrogens with two attached hydrogens (primary N) is 1. The van der Waals surface area contributed by atoms with Gasteiger partial charge in [0, 0.05) is 11.3 Å². The summed E-state index contributed by atoms with van der Waals surface area (Å²) in [4.78, 5) is 0. The number of ether oxygens (including phenoxy) is 4. The number of hydrogen-bond donors (Lipinski definition) is 2. The van der Waals surface area contributed by atoms with Crippen LogP contribution < -0.4 is 24.7 Å². The van der Waals surface area contributed by atoms with E-state index < -0.39 is 5.92 Å². The van der Waals surface area contributed by atoms with Crippen LogP contribution in [0.15, 0.2) is 23.6 Å². The average Bonchev–Trinajstić information content (AvgIpc) is 3.07. The number of rotatable bonds is 6. The molecule has 0 amide bonds. The Morgan fingerprint density at radius 3 is 2.41 bits per heavy atom. The van der Waals surface area contributed by atoms with Gasteiger partial charge in [-0.25, -0.2) is 0 Å². The predicted molar refractivity (Wildman–Crippen MR) is 98.0 cm³/mol. The Hall–Kier alpha value is -3.34. The zero-order valence-electron chi connectivity index (χ0n) is 15.8. The Bertz CT molecular complexity index is 901. The van der Waals surface area contributed by atoms with Crippen LogP contribution >= 0.6 is 0 Å². The van der Waals surface area contributed by atoms with E-state index in [9.17, 15) is 5.26 Å². The number of methoxy groups -OCH3 is 3. The molecule has 27 heavy (non-hydrogen) atoms. The summed E-state index contributed by atoms with van der Waals surface area (Å²) in [5, 5.41) is 17.0. The summed E-state index contributed by atoms with van der Waals surface area (Å²) in [6, 6.07) is 5.81. The molecule has 2 aromatic rings. The molecule has 3 N–H and O–H groups in total. The molecule has 2 heterocycles. The number of H-pyrrole nitrogens is 1. The second kappa shape index (κ2) is 7.50. The molecule has 1 aromatic heterocycles. The Balaban J connectivity index is 2.26. The van der Waals surface area contributed by atoms with Gasteiger partial charge in [-0.15, -0.1) is 5.10 Å². The number of nitrogens with one attached hydrogen (secondary N) is 1. The molecule has 0 fully saturated rings. The van der Waals surface area contributed by atoms with Crippen LogP contribution in [0, 0.1) is 11.3 Å². The second-order valence-corrected chi connectivity index (χ2v) is 6.05. The molecule has 1 aromatic carbocycles. The topological polar surface area (TPSA) is 115 Å². The lowest BCUT2D eigenvalue weighted by atomic mass is 9.83. The van der Waals surface area contributed by atoms with Crippen molar-refractivity contribution in [3.63, 3.8) is 0 Å². The van der Waals surface area contributed by atoms with Gasteiger partial charge in [-0.2, -0.15) is 5.26 Å². The van der Waals surface area contributed by atoms with Gasteiger partial charge in [0.25, 0.3) is 0 Å². The van der Waals surface area contributed by atoms with Gasteiger partial charge < -0.3 is 24.7 Å². The molecule has 1 atom stereocenters. The second-order valence-electron chi connectivity index (χ2n) is 6.05. The van der Waals surface area contributed by atoms with E-state index in [1.807, 2.05) is 12.1 Å². The highest BCUT2D eigenvalue weighted by atomic mass is 16.5. The summed E-state index contributed by atoms with van der Waals surface area (Å²) in [6.07, 6.45) is 1.68. The van der Waals surface area contributed by atoms with Crippen molar-refractivity contribution >= 4 is 0 Å². The van der Waals surface area contributed by atoms with E-state index in [4.69, 9.17) is 24.7 Å². The van der Waals surface area contributed by atoms with Crippen LogP contribution in [0.2, 0.25) is 0 Å². The molecule has 1 unspecified atom stereocenters. The summed E-state index contributed by atoms with van der Waals surface area (Å²) < 4.78 is 21.9. The molecule has 8 nitrogen and oxygen atoms in total. The maximum Gasteiger partial charge on any atom is 0.244 e. The number of aromatic amines is 1. The summed E-state index contributed by atoms with van der Waals surface area (Å²) in [5.41, 5.74) is 8.80. The van der Waals surface area contributed by atoms with E-state index in [0.717, 1.165) is 29.7 Å². The highest BCUT2D eigenvalue weighted by Crippen LogP contribution is 2.47. The predicted octanol–water partition coefficient (Wildman–Crippen LogP) is 2.61. The number of nitriles is 1. The maximum atomic E-state index is 9.75. The van der Waals surface area contributed by atoms with Crippen LogP contribution in [0.3, 0.4) is 0 Å². The fourth-order valence-corrected chi connectivity index (χ4v) is 3.35. The molecule has 0 saturated carbocycles. The zero-order chi connectivity index (χ0) is 19.6. The first-order chi connectivity index (χ1) is 13.1. The van der Waals surface area contributed by atoms with Crippen LogP contribution in [0.1, 0.15) is 36.1 Å². The summed E-state index contributed by atoms with van der Waals surface area (Å²) >= 11 is 0. The largest absolute Gasteiger partial charge is 0.493 e. The summed E-state index contributed by atoms with van der Waals surface area (Å²) in [5.74, 6) is 1.44. The smallest absolute Gasteiger partial charge is 0.244 e. The van der Waals surface area contributed by atoms with Crippen LogP contribution in [-0.4, -0.2) is 31.5 Å². The molecule has 142 valence electrons. The van der Waals surface area contributed by atoms with Crippen LogP contribution in [0.25, 0.3) is 0 Å². The SMILES string of the molecule is CCCc1[nH]nc2c1C(c1cc(OC)c(OC)c(OC)c1)C(C#N)=C(N)O2. The Morgan fingerprint density at radius 2 is 1.89 bits per heavy atom. The van der Waals surface area contributed by atoms with Gasteiger partial charge in [-0.1, -0.05) is 13.3 Å². The van der Waals surface area contributed by atoms with E-state index >= 15 is 0 Å². The fraction of sp³-hybridized carbons (Fsp3) is 0.368. The van der Waals surface area contributed by atoms with Gasteiger partial charge in [0.1, 0.15) is 11.6 Å². The fourth-order valence-electron chi connectivity index (χ4n) is 3.35. The van der Waals surface area contributed by atoms with E-state index in [1.165, 1.54) is 0 Å². The molecule has 0 bridgehead atoms. The van der Waals surface area contributed by atoms with Crippen molar-refractivity contribution in [2.24, 2.45) is 5.73 Å². The maximum absolute atomic E-state index is 9.75. The van der Waals surface area contributed by atoms with Crippen molar-refractivity contribution in [1.82, 2.24) is 10.2 Å². The molecule has 1 aliphatic heterocycles. The van der Waals surface area contributed by atoms with Gasteiger partial charge in [-0.05, 0) is 24.1 Å². The van der Waals surface area contributed by atoms with Crippen molar-refractivity contribution in [2.75, 3.05) is 21.3 Å².